The molecular formula is C18H24ClN3O3S. The van der Waals surface area contributed by atoms with Crippen molar-refractivity contribution >= 4 is 40.2 Å². The normalized spacial score (nSPS) is 12.5. The van der Waals surface area contributed by atoms with Crippen LogP contribution in [0.5, 0.6) is 0 Å². The fourth-order valence-electron chi connectivity index (χ4n) is 2.30. The van der Waals surface area contributed by atoms with Crippen LogP contribution >= 0.6 is 23.4 Å². The van der Waals surface area contributed by atoms with Gasteiger partial charge >= 0.3 is 0 Å². The van der Waals surface area contributed by atoms with Crippen LogP contribution in [0.3, 0.4) is 0 Å². The average molecular weight is 398 g/mol. The van der Waals surface area contributed by atoms with E-state index in [-0.39, 0.29) is 16.7 Å². The second-order valence-electron chi connectivity index (χ2n) is 6.40. The Balaban J connectivity index is 2.36. The van der Waals surface area contributed by atoms with E-state index in [1.807, 2.05) is 13.8 Å². The van der Waals surface area contributed by atoms with Crippen molar-refractivity contribution in [1.82, 2.24) is 14.9 Å². The topological polar surface area (TPSA) is 73.2 Å². The molecule has 0 aliphatic carbocycles. The monoisotopic (exact) mass is 397 g/mol. The van der Waals surface area contributed by atoms with Crippen molar-refractivity contribution in [1.29, 1.82) is 0 Å². The third kappa shape index (κ3) is 5.22. The number of fused-ring (bicyclic) bond motifs is 1. The number of aromatic nitrogens is 2. The number of halogens is 1. The lowest BCUT2D eigenvalue weighted by atomic mass is 10.2. The summed E-state index contributed by atoms with van der Waals surface area (Å²) in [6, 6.07) is 5.00. The van der Waals surface area contributed by atoms with Crippen molar-refractivity contribution in [2.24, 2.45) is 5.92 Å². The predicted molar refractivity (Wildman–Crippen MR) is 106 cm³/mol. The first-order chi connectivity index (χ1) is 12.3. The molecule has 1 N–H and O–H groups in total. The molecule has 0 bridgehead atoms. The molecule has 1 amide bonds. The van der Waals surface area contributed by atoms with E-state index in [2.05, 4.69) is 10.3 Å². The number of hydrogen-bond donors (Lipinski definition) is 1. The second kappa shape index (κ2) is 9.39. The number of methoxy groups -OCH3 is 1. The zero-order chi connectivity index (χ0) is 19.3. The highest BCUT2D eigenvalue weighted by Gasteiger charge is 2.19. The highest BCUT2D eigenvalue weighted by Crippen LogP contribution is 2.24. The molecule has 1 aromatic heterocycles. The number of hydrogen-bond acceptors (Lipinski definition) is 5. The molecule has 142 valence electrons. The number of carbonyl (C=O) groups excluding carboxylic acids is 1. The van der Waals surface area contributed by atoms with Crippen molar-refractivity contribution in [2.75, 3.05) is 20.3 Å². The summed E-state index contributed by atoms with van der Waals surface area (Å²) < 4.78 is 6.66. The maximum Gasteiger partial charge on any atom is 0.262 e. The molecule has 1 unspecified atom stereocenters. The Bertz CT molecular complexity index is 838. The van der Waals surface area contributed by atoms with Gasteiger partial charge in [-0.1, -0.05) is 37.2 Å². The number of carbonyl (C=O) groups is 1. The molecule has 2 rings (SSSR count). The third-order valence-electron chi connectivity index (χ3n) is 3.74. The second-order valence-corrected chi connectivity index (χ2v) is 8.15. The van der Waals surface area contributed by atoms with Gasteiger partial charge in [-0.3, -0.25) is 14.2 Å². The van der Waals surface area contributed by atoms with Crippen LogP contribution in [0.1, 0.15) is 20.8 Å². The number of amides is 1. The Morgan fingerprint density at radius 1 is 1.38 bits per heavy atom. The highest BCUT2D eigenvalue weighted by molar-refractivity contribution is 8.00. The largest absolute Gasteiger partial charge is 0.383 e. The fourth-order valence-corrected chi connectivity index (χ4v) is 3.43. The van der Waals surface area contributed by atoms with Crippen LogP contribution in [0.15, 0.2) is 28.2 Å². The lowest BCUT2D eigenvalue weighted by Crippen LogP contribution is -2.34. The van der Waals surface area contributed by atoms with Crippen molar-refractivity contribution in [3.05, 3.63) is 33.6 Å². The van der Waals surface area contributed by atoms with Gasteiger partial charge < -0.3 is 10.1 Å². The number of nitrogens with one attached hydrogen (secondary N) is 1. The van der Waals surface area contributed by atoms with Crippen molar-refractivity contribution in [2.45, 2.75) is 37.7 Å². The standard InChI is InChI=1S/C18H24ClN3O3S/c1-11(2)10-20-16(23)12(3)26-18-21-15-9-13(19)5-6-14(15)17(24)22(18)7-8-25-4/h5-6,9,11-12H,7-8,10H2,1-4H3,(H,20,23). The minimum atomic E-state index is -0.383. The summed E-state index contributed by atoms with van der Waals surface area (Å²) in [5, 5.41) is 4.01. The van der Waals surface area contributed by atoms with E-state index in [0.29, 0.717) is 46.7 Å². The maximum atomic E-state index is 12.8. The van der Waals surface area contributed by atoms with Gasteiger partial charge in [0.2, 0.25) is 5.91 Å². The average Bonchev–Trinajstić information content (AvgIpc) is 2.59. The van der Waals surface area contributed by atoms with Gasteiger partial charge in [-0.05, 0) is 31.0 Å². The quantitative estimate of drug-likeness (QED) is 0.547. The Labute approximate surface area is 162 Å². The molecule has 1 atom stereocenters. The van der Waals surface area contributed by atoms with Crippen molar-refractivity contribution in [3.8, 4) is 0 Å². The van der Waals surface area contributed by atoms with Gasteiger partial charge in [0.1, 0.15) is 0 Å². The van der Waals surface area contributed by atoms with Gasteiger partial charge in [-0.15, -0.1) is 0 Å². The summed E-state index contributed by atoms with van der Waals surface area (Å²) in [5.74, 6) is 0.291. The molecule has 0 spiro atoms. The zero-order valence-electron chi connectivity index (χ0n) is 15.4. The molecule has 0 aliphatic heterocycles. The van der Waals surface area contributed by atoms with E-state index in [4.69, 9.17) is 16.3 Å². The van der Waals surface area contributed by atoms with E-state index >= 15 is 0 Å². The number of benzene rings is 1. The lowest BCUT2D eigenvalue weighted by Gasteiger charge is -2.17. The van der Waals surface area contributed by atoms with Crippen LogP contribution in [0.25, 0.3) is 10.9 Å². The van der Waals surface area contributed by atoms with Gasteiger partial charge in [-0.2, -0.15) is 0 Å². The Morgan fingerprint density at radius 3 is 2.77 bits per heavy atom. The summed E-state index contributed by atoms with van der Waals surface area (Å²) in [6.07, 6.45) is 0. The fraction of sp³-hybridized carbons (Fsp3) is 0.500. The summed E-state index contributed by atoms with van der Waals surface area (Å²) in [7, 11) is 1.58. The van der Waals surface area contributed by atoms with Gasteiger partial charge in [-0.25, -0.2) is 4.98 Å². The molecule has 26 heavy (non-hydrogen) atoms. The molecule has 0 saturated heterocycles. The summed E-state index contributed by atoms with van der Waals surface area (Å²) in [5.41, 5.74) is 0.356. The molecule has 0 aliphatic rings. The predicted octanol–water partition coefficient (Wildman–Crippen LogP) is 2.95. The third-order valence-corrected chi connectivity index (χ3v) is 5.06. The van der Waals surface area contributed by atoms with Crippen LogP contribution in [-0.2, 0) is 16.1 Å². The number of ether oxygens (including phenoxy) is 1. The molecule has 0 radical (unpaired) electrons. The van der Waals surface area contributed by atoms with E-state index in [1.165, 1.54) is 11.8 Å². The smallest absolute Gasteiger partial charge is 0.262 e. The van der Waals surface area contributed by atoms with E-state index in [9.17, 15) is 9.59 Å². The Kier molecular flexibility index (Phi) is 7.49. The maximum absolute atomic E-state index is 12.8. The molecule has 1 heterocycles. The zero-order valence-corrected chi connectivity index (χ0v) is 17.0. The van der Waals surface area contributed by atoms with E-state index < -0.39 is 0 Å². The highest BCUT2D eigenvalue weighted by atomic mass is 35.5. The number of nitrogens with zero attached hydrogens (tertiary/aromatic N) is 2. The molecule has 2 aromatic rings. The van der Waals surface area contributed by atoms with Crippen LogP contribution in [0, 0.1) is 5.92 Å². The molecule has 8 heteroatoms. The minimum absolute atomic E-state index is 0.0811. The molecule has 6 nitrogen and oxygen atoms in total. The minimum Gasteiger partial charge on any atom is -0.383 e. The molecular weight excluding hydrogens is 374 g/mol. The summed E-state index contributed by atoms with van der Waals surface area (Å²) in [6.45, 7) is 7.23. The summed E-state index contributed by atoms with van der Waals surface area (Å²) >= 11 is 7.29. The van der Waals surface area contributed by atoms with Gasteiger partial charge in [0, 0.05) is 18.7 Å². The molecule has 1 aromatic carbocycles. The van der Waals surface area contributed by atoms with E-state index in [0.717, 1.165) is 0 Å². The van der Waals surface area contributed by atoms with Crippen LogP contribution in [-0.4, -0.2) is 41.0 Å². The first kappa shape index (κ1) is 20.7. The molecule has 0 saturated carbocycles. The Morgan fingerprint density at radius 2 is 2.12 bits per heavy atom. The lowest BCUT2D eigenvalue weighted by molar-refractivity contribution is -0.120. The van der Waals surface area contributed by atoms with Gasteiger partial charge in [0.05, 0.1) is 29.3 Å². The SMILES string of the molecule is COCCn1c(SC(C)C(=O)NCC(C)C)nc2cc(Cl)ccc2c1=O. The van der Waals surface area contributed by atoms with E-state index in [1.54, 1.807) is 36.8 Å². The number of thioether (sulfide) groups is 1. The van der Waals surface area contributed by atoms with Gasteiger partial charge in [0.15, 0.2) is 5.16 Å². The summed E-state index contributed by atoms with van der Waals surface area (Å²) in [4.78, 5) is 29.7. The van der Waals surface area contributed by atoms with Crippen LogP contribution < -0.4 is 10.9 Å². The molecule has 0 fully saturated rings. The first-order valence-corrected chi connectivity index (χ1v) is 9.72. The first-order valence-electron chi connectivity index (χ1n) is 8.47. The van der Waals surface area contributed by atoms with Crippen LogP contribution in [0.4, 0.5) is 0 Å². The Hall–Kier alpha value is -1.57. The number of rotatable bonds is 8. The van der Waals surface area contributed by atoms with Crippen LogP contribution in [0.2, 0.25) is 5.02 Å². The van der Waals surface area contributed by atoms with Crippen molar-refractivity contribution < 1.29 is 9.53 Å². The van der Waals surface area contributed by atoms with Crippen molar-refractivity contribution in [3.63, 3.8) is 0 Å². The van der Waals surface area contributed by atoms with Gasteiger partial charge in [0.25, 0.3) is 5.56 Å².